The molecule has 0 unspecified atom stereocenters. The number of ether oxygens (including phenoxy) is 1. The van der Waals surface area contributed by atoms with Crippen molar-refractivity contribution in [2.75, 3.05) is 12.4 Å². The number of carbonyl (C=O) groups excluding carboxylic acids is 3. The van der Waals surface area contributed by atoms with Gasteiger partial charge in [0.15, 0.2) is 5.69 Å². The lowest BCUT2D eigenvalue weighted by molar-refractivity contribution is -0.144. The summed E-state index contributed by atoms with van der Waals surface area (Å²) in [5, 5.41) is 5.74. The van der Waals surface area contributed by atoms with Crippen LogP contribution < -0.4 is 10.6 Å². The number of anilines is 1. The number of amides is 2. The summed E-state index contributed by atoms with van der Waals surface area (Å²) in [7, 11) is 1.23. The van der Waals surface area contributed by atoms with Gasteiger partial charge in [0.05, 0.1) is 23.5 Å². The zero-order valence-corrected chi connectivity index (χ0v) is 16.3. The molecule has 2 aromatic rings. The van der Waals surface area contributed by atoms with Gasteiger partial charge in [0.1, 0.15) is 11.7 Å². The first kappa shape index (κ1) is 20.7. The molecule has 1 aromatic heterocycles. The second-order valence-corrected chi connectivity index (χ2v) is 6.74. The molecular formula is C17H18Cl2N4O4. The molecule has 0 aliphatic rings. The molecule has 0 bridgehead atoms. The predicted molar refractivity (Wildman–Crippen MR) is 101 cm³/mol. The summed E-state index contributed by atoms with van der Waals surface area (Å²) in [5.74, 6) is -2.08. The number of rotatable bonds is 6. The van der Waals surface area contributed by atoms with Gasteiger partial charge in [-0.25, -0.2) is 9.78 Å². The average Bonchev–Trinajstić information content (AvgIpc) is 3.11. The fraction of sp³-hybridized carbons (Fsp3) is 0.294. The number of nitrogens with zero attached hydrogens (tertiary/aromatic N) is 1. The Morgan fingerprint density at radius 3 is 2.44 bits per heavy atom. The molecule has 144 valence electrons. The summed E-state index contributed by atoms with van der Waals surface area (Å²) in [6.45, 7) is 3.51. The number of aromatic amines is 1. The van der Waals surface area contributed by atoms with Crippen LogP contribution in [0.15, 0.2) is 24.5 Å². The van der Waals surface area contributed by atoms with Crippen LogP contribution in [0.4, 0.5) is 5.69 Å². The van der Waals surface area contributed by atoms with Crippen LogP contribution in [0.25, 0.3) is 0 Å². The van der Waals surface area contributed by atoms with E-state index in [9.17, 15) is 14.4 Å². The standard InChI is InChI=1S/C17H18Cl2N4O4/c1-8(2)12(17(26)27-3)23-16(25)14-13(20-7-21-14)15(24)22-9-4-5-10(18)11(19)6-9/h4-8,12H,1-3H3,(H,20,21)(H,22,24)(H,23,25)/t12-/m1/s1. The third-order valence-corrected chi connectivity index (χ3v) is 4.41. The highest BCUT2D eigenvalue weighted by Gasteiger charge is 2.28. The number of hydrogen-bond donors (Lipinski definition) is 3. The maximum Gasteiger partial charge on any atom is 0.328 e. The van der Waals surface area contributed by atoms with Gasteiger partial charge < -0.3 is 20.4 Å². The fourth-order valence-electron chi connectivity index (χ4n) is 2.24. The molecule has 10 heteroatoms. The Bertz CT molecular complexity index is 866. The Morgan fingerprint density at radius 2 is 1.85 bits per heavy atom. The summed E-state index contributed by atoms with van der Waals surface area (Å²) in [5.41, 5.74) is 0.173. The molecule has 0 fully saturated rings. The van der Waals surface area contributed by atoms with E-state index in [2.05, 4.69) is 25.3 Å². The van der Waals surface area contributed by atoms with Gasteiger partial charge in [0.2, 0.25) is 0 Å². The summed E-state index contributed by atoms with van der Waals surface area (Å²) in [6.07, 6.45) is 1.21. The Hall–Kier alpha value is -2.58. The summed E-state index contributed by atoms with van der Waals surface area (Å²) in [4.78, 5) is 43.3. The van der Waals surface area contributed by atoms with Crippen molar-refractivity contribution >= 4 is 46.7 Å². The van der Waals surface area contributed by atoms with E-state index in [1.807, 2.05) is 0 Å². The molecule has 27 heavy (non-hydrogen) atoms. The molecule has 0 aliphatic heterocycles. The van der Waals surface area contributed by atoms with E-state index in [0.717, 1.165) is 0 Å². The maximum atomic E-state index is 12.5. The number of benzene rings is 1. The summed E-state index contributed by atoms with van der Waals surface area (Å²) < 4.78 is 4.69. The second-order valence-electron chi connectivity index (χ2n) is 5.93. The van der Waals surface area contributed by atoms with Crippen LogP contribution in [0.5, 0.6) is 0 Å². The van der Waals surface area contributed by atoms with Crippen molar-refractivity contribution in [2.24, 2.45) is 5.92 Å². The van der Waals surface area contributed by atoms with Crippen molar-refractivity contribution in [3.8, 4) is 0 Å². The SMILES string of the molecule is COC(=O)[C@H](NC(=O)c1[nH]cnc1C(=O)Nc1ccc(Cl)c(Cl)c1)C(C)C. The Labute approximate surface area is 165 Å². The van der Waals surface area contributed by atoms with Crippen LogP contribution in [0.3, 0.4) is 0 Å². The molecule has 0 saturated heterocycles. The average molecular weight is 413 g/mol. The van der Waals surface area contributed by atoms with Crippen molar-refractivity contribution in [1.82, 2.24) is 15.3 Å². The number of nitrogens with one attached hydrogen (secondary N) is 3. The molecule has 0 saturated carbocycles. The van der Waals surface area contributed by atoms with Crippen LogP contribution in [0.1, 0.15) is 34.8 Å². The highest BCUT2D eigenvalue weighted by atomic mass is 35.5. The number of esters is 1. The molecule has 0 aliphatic carbocycles. The van der Waals surface area contributed by atoms with Crippen LogP contribution in [0, 0.1) is 5.92 Å². The summed E-state index contributed by atoms with van der Waals surface area (Å²) >= 11 is 11.8. The number of methoxy groups -OCH3 is 1. The lowest BCUT2D eigenvalue weighted by Crippen LogP contribution is -2.45. The molecule has 0 radical (unpaired) electrons. The van der Waals surface area contributed by atoms with Crippen molar-refractivity contribution in [3.05, 3.63) is 46.0 Å². The van der Waals surface area contributed by atoms with Crippen LogP contribution >= 0.6 is 23.2 Å². The molecule has 1 atom stereocenters. The van der Waals surface area contributed by atoms with Gasteiger partial charge in [0, 0.05) is 5.69 Å². The summed E-state index contributed by atoms with van der Waals surface area (Å²) in [6, 6.07) is 3.70. The van der Waals surface area contributed by atoms with E-state index in [4.69, 9.17) is 23.2 Å². The minimum atomic E-state index is -0.864. The molecule has 2 rings (SSSR count). The molecule has 1 heterocycles. The van der Waals surface area contributed by atoms with Crippen LogP contribution in [0.2, 0.25) is 10.0 Å². The molecule has 1 aromatic carbocycles. The smallest absolute Gasteiger partial charge is 0.328 e. The lowest BCUT2D eigenvalue weighted by atomic mass is 10.0. The lowest BCUT2D eigenvalue weighted by Gasteiger charge is -2.19. The number of carbonyl (C=O) groups is 3. The van der Waals surface area contributed by atoms with Gasteiger partial charge in [0.25, 0.3) is 11.8 Å². The number of aromatic nitrogens is 2. The maximum absolute atomic E-state index is 12.5. The number of hydrogen-bond acceptors (Lipinski definition) is 5. The third kappa shape index (κ3) is 4.99. The van der Waals surface area contributed by atoms with Gasteiger partial charge in [-0.05, 0) is 24.1 Å². The number of halogens is 2. The van der Waals surface area contributed by atoms with Crippen LogP contribution in [-0.2, 0) is 9.53 Å². The van der Waals surface area contributed by atoms with Gasteiger partial charge in [-0.15, -0.1) is 0 Å². The first-order valence-electron chi connectivity index (χ1n) is 7.93. The van der Waals surface area contributed by atoms with E-state index >= 15 is 0 Å². The monoisotopic (exact) mass is 412 g/mol. The fourth-order valence-corrected chi connectivity index (χ4v) is 2.54. The Kier molecular flexibility index (Phi) is 6.81. The third-order valence-electron chi connectivity index (χ3n) is 3.67. The zero-order valence-electron chi connectivity index (χ0n) is 14.8. The molecule has 0 spiro atoms. The van der Waals surface area contributed by atoms with Gasteiger partial charge in [-0.1, -0.05) is 37.0 Å². The van der Waals surface area contributed by atoms with E-state index in [1.54, 1.807) is 19.9 Å². The second kappa shape index (κ2) is 8.88. The first-order valence-corrected chi connectivity index (χ1v) is 8.68. The molecule has 8 nitrogen and oxygen atoms in total. The molecule has 2 amide bonds. The van der Waals surface area contributed by atoms with Gasteiger partial charge >= 0.3 is 5.97 Å². The van der Waals surface area contributed by atoms with Crippen molar-refractivity contribution in [3.63, 3.8) is 0 Å². The van der Waals surface area contributed by atoms with Crippen molar-refractivity contribution in [2.45, 2.75) is 19.9 Å². The highest BCUT2D eigenvalue weighted by molar-refractivity contribution is 6.42. The molecular weight excluding hydrogens is 395 g/mol. The predicted octanol–water partition coefficient (Wildman–Crippen LogP) is 2.90. The largest absolute Gasteiger partial charge is 0.467 e. The number of imidazole rings is 1. The van der Waals surface area contributed by atoms with Crippen molar-refractivity contribution < 1.29 is 19.1 Å². The van der Waals surface area contributed by atoms with E-state index in [0.29, 0.717) is 10.7 Å². The zero-order chi connectivity index (χ0) is 20.1. The first-order chi connectivity index (χ1) is 12.7. The molecule has 3 N–H and O–H groups in total. The quantitative estimate of drug-likeness (QED) is 0.631. The topological polar surface area (TPSA) is 113 Å². The minimum absolute atomic E-state index is 0.0814. The Balaban J connectivity index is 2.18. The van der Waals surface area contributed by atoms with E-state index in [-0.39, 0.29) is 22.3 Å². The van der Waals surface area contributed by atoms with Crippen LogP contribution in [-0.4, -0.2) is 40.9 Å². The Morgan fingerprint density at radius 1 is 1.15 bits per heavy atom. The van der Waals surface area contributed by atoms with E-state index < -0.39 is 23.8 Å². The highest BCUT2D eigenvalue weighted by Crippen LogP contribution is 2.25. The minimum Gasteiger partial charge on any atom is -0.467 e. The van der Waals surface area contributed by atoms with Crippen molar-refractivity contribution in [1.29, 1.82) is 0 Å². The van der Waals surface area contributed by atoms with E-state index in [1.165, 1.54) is 25.6 Å². The van der Waals surface area contributed by atoms with Gasteiger partial charge in [-0.2, -0.15) is 0 Å². The normalized spacial score (nSPS) is 11.8. The van der Waals surface area contributed by atoms with Gasteiger partial charge in [-0.3, -0.25) is 9.59 Å². The number of H-pyrrole nitrogens is 1.